The number of hydrogen-bond donors (Lipinski definition) is 3. The van der Waals surface area contributed by atoms with Gasteiger partial charge in [0.2, 0.25) is 5.70 Å². The quantitative estimate of drug-likeness (QED) is 0.192. The lowest BCUT2D eigenvalue weighted by Gasteiger charge is -2.26. The lowest BCUT2D eigenvalue weighted by molar-refractivity contribution is -0.134. The van der Waals surface area contributed by atoms with Gasteiger partial charge in [0, 0.05) is 18.8 Å². The molecule has 2 rings (SSSR count). The van der Waals surface area contributed by atoms with Gasteiger partial charge >= 0.3 is 13.3 Å². The van der Waals surface area contributed by atoms with Gasteiger partial charge in [-0.25, -0.2) is 4.85 Å². The van der Waals surface area contributed by atoms with Crippen LogP contribution < -0.4 is 5.32 Å². The molecule has 0 spiro atoms. The molecule has 0 unspecified atom stereocenters. The van der Waals surface area contributed by atoms with Crippen LogP contribution in [0.5, 0.6) is 0 Å². The van der Waals surface area contributed by atoms with Crippen LogP contribution in [0.3, 0.4) is 0 Å². The van der Waals surface area contributed by atoms with Crippen molar-refractivity contribution in [3.63, 3.8) is 0 Å². The lowest BCUT2D eigenvalue weighted by atomic mass is 9.66. The van der Waals surface area contributed by atoms with E-state index < -0.39 is 43.4 Å². The Morgan fingerprint density at radius 3 is 2.55 bits per heavy atom. The van der Waals surface area contributed by atoms with Crippen molar-refractivity contribution in [3.05, 3.63) is 59.1 Å². The van der Waals surface area contributed by atoms with E-state index in [2.05, 4.69) is 10.2 Å². The fraction of sp³-hybridized carbons (Fsp3) is 0.577. The fourth-order valence-corrected chi connectivity index (χ4v) is 4.32. The van der Waals surface area contributed by atoms with Crippen molar-refractivity contribution in [1.29, 1.82) is 0 Å². The largest absolute Gasteiger partial charge is 0.455 e. The molecule has 0 aliphatic carbocycles. The van der Waals surface area contributed by atoms with Gasteiger partial charge in [-0.3, -0.25) is 14.9 Å². The number of amides is 1. The van der Waals surface area contributed by atoms with E-state index >= 15 is 0 Å². The second-order valence-corrected chi connectivity index (χ2v) is 9.82. The van der Waals surface area contributed by atoms with Gasteiger partial charge in [0.15, 0.2) is 5.78 Å². The van der Waals surface area contributed by atoms with Crippen LogP contribution in [0.4, 0.5) is 13.2 Å². The molecule has 12 heteroatoms. The predicted octanol–water partition coefficient (Wildman–Crippen LogP) is 3.02. The minimum atomic E-state index is -4.56. The van der Waals surface area contributed by atoms with Crippen LogP contribution in [-0.4, -0.2) is 78.3 Å². The van der Waals surface area contributed by atoms with Gasteiger partial charge in [-0.1, -0.05) is 50.3 Å². The van der Waals surface area contributed by atoms with Crippen LogP contribution in [0, 0.1) is 12.5 Å². The smallest absolute Gasteiger partial charge is 0.427 e. The first-order valence-electron chi connectivity index (χ1n) is 12.6. The van der Waals surface area contributed by atoms with E-state index in [1.54, 1.807) is 36.4 Å². The van der Waals surface area contributed by atoms with Gasteiger partial charge in [0.05, 0.1) is 38.4 Å². The van der Waals surface area contributed by atoms with Crippen molar-refractivity contribution in [2.24, 2.45) is 5.92 Å². The number of carbonyl (C=O) groups excluding carboxylic acids is 2. The fourth-order valence-electron chi connectivity index (χ4n) is 4.32. The van der Waals surface area contributed by atoms with Crippen molar-refractivity contribution in [2.45, 2.75) is 63.6 Å². The summed E-state index contributed by atoms with van der Waals surface area (Å²) in [5, 5.41) is 21.8. The first kappa shape index (κ1) is 31.5. The lowest BCUT2D eigenvalue weighted by Crippen LogP contribution is -2.46. The Balaban J connectivity index is 2.04. The van der Waals surface area contributed by atoms with E-state index in [-0.39, 0.29) is 43.7 Å². The minimum absolute atomic E-state index is 0.00769. The number of allylic oxidation sites excluding steroid dienone is 1. The number of halogens is 3. The van der Waals surface area contributed by atoms with Gasteiger partial charge in [-0.05, 0) is 30.7 Å². The van der Waals surface area contributed by atoms with E-state index in [1.165, 1.54) is 4.90 Å². The maximum Gasteiger partial charge on any atom is 0.455 e. The third kappa shape index (κ3) is 10.6. The zero-order valence-corrected chi connectivity index (χ0v) is 21.7. The number of nitrogens with zero attached hydrogens (tertiary/aromatic N) is 2. The van der Waals surface area contributed by atoms with Crippen LogP contribution in [0.2, 0.25) is 5.82 Å². The van der Waals surface area contributed by atoms with E-state index in [0.29, 0.717) is 19.4 Å². The van der Waals surface area contributed by atoms with Gasteiger partial charge in [-0.15, -0.1) is 0 Å². The normalized spacial score (nSPS) is 17.8. The first-order valence-corrected chi connectivity index (χ1v) is 12.6. The van der Waals surface area contributed by atoms with Gasteiger partial charge in [-0.2, -0.15) is 13.2 Å². The third-order valence-corrected chi connectivity index (χ3v) is 6.23. The maximum absolute atomic E-state index is 13.0. The van der Waals surface area contributed by atoms with Crippen LogP contribution in [0.25, 0.3) is 4.85 Å². The number of carbonyl (C=O) groups is 2. The molecule has 1 saturated heterocycles. The molecule has 1 amide bonds. The Bertz CT molecular complexity index is 983. The average Bonchev–Trinajstić information content (AvgIpc) is 3.32. The number of nitrogens with one attached hydrogen (secondary N) is 1. The highest BCUT2D eigenvalue weighted by molar-refractivity contribution is 6.43. The molecule has 0 aromatic heterocycles. The molecule has 1 heterocycles. The SMILES string of the molecule is [C-]#[N+]C(=CC(C)C)C(=O)N1CCC[C@@H]1COC[C@H](NCC(F)(F)F)C(=O)C[C@@H](Cc1ccccc1)B(O)O. The molecule has 208 valence electrons. The standard InChI is InChI=1S/C26H35BF3N3O5/c1-18(2)12-22(31-3)25(35)33-11-7-10-21(33)15-38-16-23(32-17-26(28,29)30)24(34)14-20(27(36)37)13-19-8-5-4-6-9-19/h4-6,8-9,12,18,20-21,23,32,36-37H,7,10-11,13-17H2,1-2H3/t20-,21-,23+/m1/s1. The topological polar surface area (TPSA) is 103 Å². The molecule has 1 aliphatic heterocycles. The van der Waals surface area contributed by atoms with Gasteiger partial charge in [0.25, 0.3) is 5.91 Å². The van der Waals surface area contributed by atoms with E-state index in [9.17, 15) is 32.8 Å². The molecule has 0 saturated carbocycles. The molecule has 8 nitrogen and oxygen atoms in total. The summed E-state index contributed by atoms with van der Waals surface area (Å²) < 4.78 is 44.3. The summed E-state index contributed by atoms with van der Waals surface area (Å²) in [6, 6.07) is 7.11. The predicted molar refractivity (Wildman–Crippen MR) is 137 cm³/mol. The second kappa shape index (κ2) is 15.0. The zero-order chi connectivity index (χ0) is 28.3. The van der Waals surface area contributed by atoms with Crippen molar-refractivity contribution >= 4 is 18.8 Å². The summed E-state index contributed by atoms with van der Waals surface area (Å²) in [5.74, 6) is -1.96. The summed E-state index contributed by atoms with van der Waals surface area (Å²) in [6.45, 7) is 9.65. The average molecular weight is 537 g/mol. The molecule has 1 aliphatic rings. The Morgan fingerprint density at radius 2 is 1.97 bits per heavy atom. The Kier molecular flexibility index (Phi) is 12.5. The Morgan fingerprint density at radius 1 is 1.29 bits per heavy atom. The van der Waals surface area contributed by atoms with Crippen molar-refractivity contribution in [1.82, 2.24) is 10.2 Å². The number of ketones is 1. The molecule has 1 aromatic carbocycles. The highest BCUT2D eigenvalue weighted by Gasteiger charge is 2.34. The van der Waals surface area contributed by atoms with Crippen LogP contribution in [-0.2, 0) is 20.7 Å². The van der Waals surface area contributed by atoms with Crippen molar-refractivity contribution in [3.8, 4) is 0 Å². The third-order valence-electron chi connectivity index (χ3n) is 6.23. The van der Waals surface area contributed by atoms with Crippen LogP contribution >= 0.6 is 0 Å². The molecule has 38 heavy (non-hydrogen) atoms. The van der Waals surface area contributed by atoms with Crippen molar-refractivity contribution < 1.29 is 37.5 Å². The summed E-state index contributed by atoms with van der Waals surface area (Å²) in [4.78, 5) is 30.7. The second-order valence-electron chi connectivity index (χ2n) is 9.82. The highest BCUT2D eigenvalue weighted by atomic mass is 19.4. The highest BCUT2D eigenvalue weighted by Crippen LogP contribution is 2.23. The summed E-state index contributed by atoms with van der Waals surface area (Å²) >= 11 is 0. The number of ether oxygens (including phenoxy) is 1. The molecule has 3 N–H and O–H groups in total. The Hall–Kier alpha value is -2.72. The van der Waals surface area contributed by atoms with E-state index in [4.69, 9.17) is 11.3 Å². The maximum atomic E-state index is 13.0. The number of rotatable bonds is 14. The summed E-state index contributed by atoms with van der Waals surface area (Å²) in [5.41, 5.74) is 0.768. The molecular weight excluding hydrogens is 502 g/mol. The van der Waals surface area contributed by atoms with E-state index in [0.717, 1.165) is 5.56 Å². The Labute approximate surface area is 221 Å². The molecule has 1 fully saturated rings. The van der Waals surface area contributed by atoms with Gasteiger partial charge in [0.1, 0.15) is 0 Å². The first-order chi connectivity index (χ1) is 17.9. The number of hydrogen-bond acceptors (Lipinski definition) is 6. The van der Waals surface area contributed by atoms with Crippen molar-refractivity contribution in [2.75, 3.05) is 26.3 Å². The summed E-state index contributed by atoms with van der Waals surface area (Å²) in [6.07, 6.45) is -1.90. The molecule has 3 atom stereocenters. The van der Waals surface area contributed by atoms with Crippen LogP contribution in [0.15, 0.2) is 42.1 Å². The van der Waals surface area contributed by atoms with Gasteiger partial charge < -0.3 is 19.7 Å². The van der Waals surface area contributed by atoms with E-state index in [1.807, 2.05) is 13.8 Å². The number of Topliss-reactive ketones (excluding diaryl/α,β-unsaturated/α-hetero) is 1. The number of alkyl halides is 3. The molecule has 0 radical (unpaired) electrons. The minimum Gasteiger partial charge on any atom is -0.427 e. The molecule has 1 aromatic rings. The van der Waals surface area contributed by atoms with Crippen LogP contribution in [0.1, 0.15) is 38.7 Å². The number of benzene rings is 1. The molecule has 0 bridgehead atoms. The monoisotopic (exact) mass is 537 g/mol. The molecular formula is C26H35BF3N3O5. The zero-order valence-electron chi connectivity index (χ0n) is 21.7. The number of likely N-dealkylation sites (tertiary alicyclic amines) is 1. The summed E-state index contributed by atoms with van der Waals surface area (Å²) in [7, 11) is -1.84.